The standard InChI is InChI=1S/C12H18N4O3/c1-12(2,3)10(18)16-6-14(4)7-8(17)13-11(19)15(5)9(7)16/h6H2,1-5H3,(H,13,17,19). The van der Waals surface area contributed by atoms with E-state index in [1.54, 1.807) is 39.8 Å². The molecule has 0 aliphatic carbocycles. The van der Waals surface area contributed by atoms with Crippen molar-refractivity contribution < 1.29 is 4.79 Å². The van der Waals surface area contributed by atoms with Crippen LogP contribution in [0.2, 0.25) is 0 Å². The molecule has 0 radical (unpaired) electrons. The van der Waals surface area contributed by atoms with Crippen LogP contribution in [-0.4, -0.2) is 29.2 Å². The van der Waals surface area contributed by atoms with E-state index in [0.29, 0.717) is 11.5 Å². The zero-order chi connectivity index (χ0) is 14.5. The monoisotopic (exact) mass is 266 g/mol. The molecule has 1 N–H and O–H groups in total. The lowest BCUT2D eigenvalue weighted by molar-refractivity contribution is -0.125. The Morgan fingerprint density at radius 2 is 1.79 bits per heavy atom. The number of rotatable bonds is 0. The summed E-state index contributed by atoms with van der Waals surface area (Å²) >= 11 is 0. The minimum absolute atomic E-state index is 0.126. The third kappa shape index (κ3) is 1.94. The predicted octanol–water partition coefficient (Wildman–Crippen LogP) is -0.140. The van der Waals surface area contributed by atoms with Crippen molar-refractivity contribution in [3.8, 4) is 0 Å². The molecule has 0 atom stereocenters. The van der Waals surface area contributed by atoms with Crippen LogP contribution in [0.3, 0.4) is 0 Å². The molecule has 2 heterocycles. The summed E-state index contributed by atoms with van der Waals surface area (Å²) in [5, 5.41) is 0. The van der Waals surface area contributed by atoms with E-state index in [1.807, 2.05) is 0 Å². The van der Waals surface area contributed by atoms with Gasteiger partial charge in [-0.2, -0.15) is 0 Å². The van der Waals surface area contributed by atoms with E-state index in [-0.39, 0.29) is 12.6 Å². The number of anilines is 2. The van der Waals surface area contributed by atoms with Crippen LogP contribution in [-0.2, 0) is 11.8 Å². The second-order valence-electron chi connectivity index (χ2n) is 5.81. The Labute approximate surface area is 110 Å². The number of fused-ring (bicyclic) bond motifs is 1. The summed E-state index contributed by atoms with van der Waals surface area (Å²) in [5.74, 6) is 0.231. The first-order valence-electron chi connectivity index (χ1n) is 6.01. The molecule has 1 aromatic heterocycles. The van der Waals surface area contributed by atoms with Crippen molar-refractivity contribution in [3.05, 3.63) is 20.8 Å². The molecule has 1 aliphatic heterocycles. The molecule has 0 saturated heterocycles. The van der Waals surface area contributed by atoms with Crippen LogP contribution in [0.25, 0.3) is 0 Å². The molecule has 19 heavy (non-hydrogen) atoms. The molecular weight excluding hydrogens is 248 g/mol. The largest absolute Gasteiger partial charge is 0.349 e. The minimum Gasteiger partial charge on any atom is -0.349 e. The summed E-state index contributed by atoms with van der Waals surface area (Å²) in [6.45, 7) is 5.68. The molecule has 104 valence electrons. The first kappa shape index (κ1) is 13.4. The molecule has 0 bridgehead atoms. The fourth-order valence-corrected chi connectivity index (χ4v) is 2.16. The lowest BCUT2D eigenvalue weighted by atomic mass is 9.95. The number of nitrogens with zero attached hydrogens (tertiary/aromatic N) is 3. The Hall–Kier alpha value is -2.05. The van der Waals surface area contributed by atoms with Gasteiger partial charge in [-0.1, -0.05) is 20.8 Å². The van der Waals surface area contributed by atoms with Crippen LogP contribution in [0, 0.1) is 5.41 Å². The quantitative estimate of drug-likeness (QED) is 0.709. The molecule has 0 unspecified atom stereocenters. The van der Waals surface area contributed by atoms with Gasteiger partial charge in [-0.25, -0.2) is 4.79 Å². The van der Waals surface area contributed by atoms with E-state index in [1.165, 1.54) is 9.47 Å². The maximum absolute atomic E-state index is 12.4. The highest BCUT2D eigenvalue weighted by atomic mass is 16.2. The second kappa shape index (κ2) is 3.97. The molecule has 0 aromatic carbocycles. The van der Waals surface area contributed by atoms with Gasteiger partial charge in [-0.05, 0) is 0 Å². The third-order valence-electron chi connectivity index (χ3n) is 3.15. The molecule has 1 amide bonds. The average Bonchev–Trinajstić information content (AvgIpc) is 2.62. The maximum Gasteiger partial charge on any atom is 0.329 e. The number of hydrogen-bond acceptors (Lipinski definition) is 4. The van der Waals surface area contributed by atoms with Gasteiger partial charge in [-0.15, -0.1) is 0 Å². The summed E-state index contributed by atoms with van der Waals surface area (Å²) in [7, 11) is 3.26. The summed E-state index contributed by atoms with van der Waals surface area (Å²) in [6.07, 6.45) is 0. The Balaban J connectivity index is 2.68. The van der Waals surface area contributed by atoms with Crippen LogP contribution in [0.5, 0.6) is 0 Å². The van der Waals surface area contributed by atoms with E-state index in [9.17, 15) is 14.4 Å². The Morgan fingerprint density at radius 3 is 2.32 bits per heavy atom. The lowest BCUT2D eigenvalue weighted by Gasteiger charge is -2.26. The van der Waals surface area contributed by atoms with E-state index in [4.69, 9.17) is 0 Å². The SMILES string of the molecule is CN1CN(C(=O)C(C)(C)C)c2c1c(=O)[nH]c(=O)n2C. The highest BCUT2D eigenvalue weighted by molar-refractivity contribution is 6.00. The number of aromatic nitrogens is 2. The van der Waals surface area contributed by atoms with E-state index < -0.39 is 16.7 Å². The lowest BCUT2D eigenvalue weighted by Crippen LogP contribution is -2.42. The number of H-pyrrole nitrogens is 1. The smallest absolute Gasteiger partial charge is 0.329 e. The van der Waals surface area contributed by atoms with Crippen LogP contribution in [0.4, 0.5) is 11.5 Å². The molecule has 0 fully saturated rings. The third-order valence-corrected chi connectivity index (χ3v) is 3.15. The van der Waals surface area contributed by atoms with Crippen molar-refractivity contribution in [2.45, 2.75) is 20.8 Å². The summed E-state index contributed by atoms with van der Waals surface area (Å²) < 4.78 is 1.30. The summed E-state index contributed by atoms with van der Waals surface area (Å²) in [6, 6.07) is 0. The summed E-state index contributed by atoms with van der Waals surface area (Å²) in [5.41, 5.74) is -1.23. The molecule has 1 aromatic rings. The van der Waals surface area contributed by atoms with Gasteiger partial charge < -0.3 is 4.90 Å². The van der Waals surface area contributed by atoms with Gasteiger partial charge in [0.05, 0.1) is 6.67 Å². The topological polar surface area (TPSA) is 78.4 Å². The number of carbonyl (C=O) groups is 1. The number of aromatic amines is 1. The average molecular weight is 266 g/mol. The zero-order valence-corrected chi connectivity index (χ0v) is 11.8. The van der Waals surface area contributed by atoms with Gasteiger partial charge in [0.15, 0.2) is 5.82 Å². The van der Waals surface area contributed by atoms with E-state index >= 15 is 0 Å². The molecule has 0 saturated carbocycles. The fraction of sp³-hybridized carbons (Fsp3) is 0.583. The normalized spacial score (nSPS) is 14.8. The van der Waals surface area contributed by atoms with Crippen LogP contribution < -0.4 is 21.0 Å². The summed E-state index contributed by atoms with van der Waals surface area (Å²) in [4.78, 5) is 41.3. The fourth-order valence-electron chi connectivity index (χ4n) is 2.16. The van der Waals surface area contributed by atoms with Crippen molar-refractivity contribution >= 4 is 17.4 Å². The van der Waals surface area contributed by atoms with Crippen molar-refractivity contribution in [2.24, 2.45) is 12.5 Å². The second-order valence-corrected chi connectivity index (χ2v) is 5.81. The first-order valence-corrected chi connectivity index (χ1v) is 6.01. The predicted molar refractivity (Wildman–Crippen MR) is 72.5 cm³/mol. The zero-order valence-electron chi connectivity index (χ0n) is 11.8. The van der Waals surface area contributed by atoms with E-state index in [2.05, 4.69) is 4.98 Å². The first-order chi connectivity index (χ1) is 8.64. The van der Waals surface area contributed by atoms with Crippen LogP contribution >= 0.6 is 0 Å². The van der Waals surface area contributed by atoms with Gasteiger partial charge in [0.1, 0.15) is 5.69 Å². The molecule has 7 heteroatoms. The van der Waals surface area contributed by atoms with Gasteiger partial charge in [-0.3, -0.25) is 24.0 Å². The molecule has 0 spiro atoms. The van der Waals surface area contributed by atoms with Gasteiger partial charge in [0.25, 0.3) is 5.56 Å². The molecule has 7 nitrogen and oxygen atoms in total. The number of nitrogens with one attached hydrogen (secondary N) is 1. The van der Waals surface area contributed by atoms with Crippen LogP contribution in [0.1, 0.15) is 20.8 Å². The van der Waals surface area contributed by atoms with Crippen molar-refractivity contribution in [2.75, 3.05) is 23.5 Å². The minimum atomic E-state index is -0.582. The number of hydrogen-bond donors (Lipinski definition) is 1. The van der Waals surface area contributed by atoms with Crippen molar-refractivity contribution in [1.29, 1.82) is 0 Å². The maximum atomic E-state index is 12.4. The highest BCUT2D eigenvalue weighted by Crippen LogP contribution is 2.33. The van der Waals surface area contributed by atoms with Crippen molar-refractivity contribution in [3.63, 3.8) is 0 Å². The Bertz CT molecular complexity index is 650. The van der Waals surface area contributed by atoms with Crippen LogP contribution in [0.15, 0.2) is 9.59 Å². The van der Waals surface area contributed by atoms with E-state index in [0.717, 1.165) is 0 Å². The Morgan fingerprint density at radius 1 is 1.21 bits per heavy atom. The Kier molecular flexibility index (Phi) is 2.80. The molecule has 2 rings (SSSR count). The van der Waals surface area contributed by atoms with Crippen molar-refractivity contribution in [1.82, 2.24) is 9.55 Å². The van der Waals surface area contributed by atoms with Gasteiger partial charge >= 0.3 is 5.69 Å². The van der Waals surface area contributed by atoms with Gasteiger partial charge in [0, 0.05) is 19.5 Å². The number of amides is 1. The molecular formula is C12H18N4O3. The van der Waals surface area contributed by atoms with Gasteiger partial charge in [0.2, 0.25) is 5.91 Å². The molecule has 1 aliphatic rings. The number of carbonyl (C=O) groups excluding carboxylic acids is 1. The highest BCUT2D eigenvalue weighted by Gasteiger charge is 2.37.